The van der Waals surface area contributed by atoms with Gasteiger partial charge in [0.25, 0.3) is 0 Å². The Labute approximate surface area is 409 Å². The molecule has 2 unspecified atom stereocenters. The zero-order valence-electron chi connectivity index (χ0n) is 43.5. The SMILES string of the molecule is CC(C)CC1C2=C(CCN1C(=O)C1CCC(CN(C)C(=O)OC(C)(C)C)CC1)c1ccccc1C2.CC(C)CC1C2=C(CCN1C(=O)C1CCC(NC(=O)OC(C)(C)C)CC1)c1ccccc1C2. The Morgan fingerprint density at radius 2 is 1.06 bits per heavy atom. The van der Waals surface area contributed by atoms with E-state index in [1.165, 1.54) is 44.5 Å². The van der Waals surface area contributed by atoms with E-state index in [-0.39, 0.29) is 42.1 Å². The highest BCUT2D eigenvalue weighted by Gasteiger charge is 2.42. The van der Waals surface area contributed by atoms with Gasteiger partial charge in [0.05, 0.1) is 12.1 Å². The minimum Gasteiger partial charge on any atom is -0.444 e. The number of hydrogen-bond acceptors (Lipinski definition) is 6. The smallest absolute Gasteiger partial charge is 0.410 e. The van der Waals surface area contributed by atoms with Gasteiger partial charge in [-0.1, -0.05) is 76.2 Å². The van der Waals surface area contributed by atoms with Crippen LogP contribution in [0.2, 0.25) is 0 Å². The normalized spacial score (nSPS) is 24.7. The lowest BCUT2D eigenvalue weighted by molar-refractivity contribution is -0.139. The molecule has 4 amide bonds. The number of fused-ring (bicyclic) bond motifs is 4. The molecule has 2 aromatic carbocycles. The maximum absolute atomic E-state index is 13.8. The molecule has 2 saturated carbocycles. The molecule has 2 aromatic rings. The number of carbonyl (C=O) groups is 4. The van der Waals surface area contributed by atoms with Crippen molar-refractivity contribution < 1.29 is 28.7 Å². The number of alkyl carbamates (subject to hydrolysis) is 1. The predicted molar refractivity (Wildman–Crippen MR) is 273 cm³/mol. The molecule has 2 fully saturated rings. The van der Waals surface area contributed by atoms with Crippen molar-refractivity contribution >= 4 is 35.1 Å². The van der Waals surface area contributed by atoms with E-state index in [9.17, 15) is 19.2 Å². The highest BCUT2D eigenvalue weighted by molar-refractivity contribution is 5.85. The van der Waals surface area contributed by atoms with Crippen LogP contribution in [-0.2, 0) is 31.9 Å². The first-order chi connectivity index (χ1) is 32.2. The molecule has 1 N–H and O–H groups in total. The van der Waals surface area contributed by atoms with Crippen molar-refractivity contribution in [3.63, 3.8) is 0 Å². The first-order valence-corrected chi connectivity index (χ1v) is 26.3. The standard InChI is InChI=1S/C30H44N2O3.C28H40N2O3/c1-20(2)17-27-26-18-23-9-7-8-10-24(23)25(26)15-16-32(27)28(33)22-13-11-21(12-14-22)19-31(6)29(34)35-30(3,4)5;1-18(2)16-25-24-17-20-8-6-7-9-22(20)23(24)14-15-30(25)26(31)19-10-12-21(13-11-19)29-27(32)33-28(3,4)5/h7-10,20-22,27H,11-19H2,1-6H3;6-9,18-19,21,25H,10-17H2,1-5H3,(H,29,32). The summed E-state index contributed by atoms with van der Waals surface area (Å²) in [7, 11) is 1.82. The first kappa shape index (κ1) is 51.3. The maximum atomic E-state index is 13.8. The van der Waals surface area contributed by atoms with Crippen LogP contribution in [0, 0.1) is 29.6 Å². The van der Waals surface area contributed by atoms with Crippen LogP contribution in [0.4, 0.5) is 9.59 Å². The summed E-state index contributed by atoms with van der Waals surface area (Å²) in [6, 6.07) is 18.1. The van der Waals surface area contributed by atoms with Gasteiger partial charge in [0, 0.05) is 44.6 Å². The van der Waals surface area contributed by atoms with Crippen molar-refractivity contribution in [3.05, 3.63) is 81.9 Å². The van der Waals surface area contributed by atoms with Gasteiger partial charge < -0.3 is 29.5 Å². The average Bonchev–Trinajstić information content (AvgIpc) is 3.85. The highest BCUT2D eigenvalue weighted by Crippen LogP contribution is 2.45. The number of ether oxygens (including phenoxy) is 2. The van der Waals surface area contributed by atoms with Crippen LogP contribution in [0.5, 0.6) is 0 Å². The topological polar surface area (TPSA) is 108 Å². The van der Waals surface area contributed by atoms with E-state index in [0.717, 1.165) is 103 Å². The van der Waals surface area contributed by atoms with Gasteiger partial charge >= 0.3 is 12.2 Å². The third-order valence-electron chi connectivity index (χ3n) is 15.2. The van der Waals surface area contributed by atoms with E-state index in [4.69, 9.17) is 9.47 Å². The van der Waals surface area contributed by atoms with Crippen molar-refractivity contribution in [2.45, 2.75) is 188 Å². The molecule has 0 spiro atoms. The van der Waals surface area contributed by atoms with Crippen molar-refractivity contribution in [1.82, 2.24) is 20.0 Å². The predicted octanol–water partition coefficient (Wildman–Crippen LogP) is 12.0. The van der Waals surface area contributed by atoms with Crippen molar-refractivity contribution in [2.75, 3.05) is 26.7 Å². The Kier molecular flexibility index (Phi) is 16.3. The van der Waals surface area contributed by atoms with E-state index in [1.54, 1.807) is 4.90 Å². The summed E-state index contributed by atoms with van der Waals surface area (Å²) in [5.41, 5.74) is 10.7. The summed E-state index contributed by atoms with van der Waals surface area (Å²) in [6.45, 7) is 22.7. The third kappa shape index (κ3) is 12.6. The summed E-state index contributed by atoms with van der Waals surface area (Å²) in [5.74, 6) is 2.36. The van der Waals surface area contributed by atoms with E-state index in [1.807, 2.05) is 48.6 Å². The molecule has 2 heterocycles. The Bertz CT molecular complexity index is 2190. The highest BCUT2D eigenvalue weighted by atomic mass is 16.6. The Morgan fingerprint density at radius 1 is 0.632 bits per heavy atom. The molecule has 68 heavy (non-hydrogen) atoms. The lowest BCUT2D eigenvalue weighted by Crippen LogP contribution is -2.49. The number of amides is 4. The Morgan fingerprint density at radius 3 is 1.49 bits per heavy atom. The summed E-state index contributed by atoms with van der Waals surface area (Å²) < 4.78 is 10.9. The van der Waals surface area contributed by atoms with Crippen LogP contribution in [0.15, 0.2) is 59.7 Å². The van der Waals surface area contributed by atoms with Crippen molar-refractivity contribution in [1.29, 1.82) is 0 Å². The van der Waals surface area contributed by atoms with Gasteiger partial charge in [-0.05, 0) is 194 Å². The molecule has 2 atom stereocenters. The van der Waals surface area contributed by atoms with Gasteiger partial charge in [0.2, 0.25) is 11.8 Å². The van der Waals surface area contributed by atoms with Gasteiger partial charge in [0.15, 0.2) is 0 Å². The summed E-state index contributed by atoms with van der Waals surface area (Å²) >= 11 is 0. The van der Waals surface area contributed by atoms with Crippen molar-refractivity contribution in [3.8, 4) is 0 Å². The van der Waals surface area contributed by atoms with E-state index in [0.29, 0.717) is 36.1 Å². The Hall–Kier alpha value is -4.60. The number of rotatable bonds is 9. The summed E-state index contributed by atoms with van der Waals surface area (Å²) in [6.07, 6.45) is 12.5. The second-order valence-corrected chi connectivity index (χ2v) is 23.8. The van der Waals surface area contributed by atoms with E-state index < -0.39 is 11.2 Å². The zero-order valence-corrected chi connectivity index (χ0v) is 43.5. The number of nitrogens with one attached hydrogen (secondary N) is 1. The molecule has 2 aliphatic heterocycles. The number of nitrogens with zero attached hydrogens (tertiary/aromatic N) is 3. The molecule has 0 bridgehead atoms. The van der Waals surface area contributed by atoms with Gasteiger partial charge in [0.1, 0.15) is 11.2 Å². The quantitative estimate of drug-likeness (QED) is 0.268. The summed E-state index contributed by atoms with van der Waals surface area (Å²) in [4.78, 5) is 58.1. The molecular formula is C58H84N4O6. The summed E-state index contributed by atoms with van der Waals surface area (Å²) in [5, 5.41) is 3.00. The van der Waals surface area contributed by atoms with Gasteiger partial charge in [-0.3, -0.25) is 9.59 Å². The lowest BCUT2D eigenvalue weighted by atomic mass is 9.80. The largest absolute Gasteiger partial charge is 0.444 e. The maximum Gasteiger partial charge on any atom is 0.410 e. The average molecular weight is 933 g/mol. The molecule has 10 nitrogen and oxygen atoms in total. The van der Waals surface area contributed by atoms with Crippen LogP contribution in [0.1, 0.15) is 169 Å². The fourth-order valence-electron chi connectivity index (χ4n) is 12.1. The number of benzene rings is 2. The lowest BCUT2D eigenvalue weighted by Gasteiger charge is -2.41. The van der Waals surface area contributed by atoms with Crippen LogP contribution in [-0.4, -0.2) is 94.7 Å². The van der Waals surface area contributed by atoms with Gasteiger partial charge in [-0.25, -0.2) is 9.59 Å². The van der Waals surface area contributed by atoms with E-state index in [2.05, 4.69) is 91.3 Å². The second kappa shape index (κ2) is 21.6. The molecule has 4 aliphatic carbocycles. The molecule has 10 heteroatoms. The fourth-order valence-corrected chi connectivity index (χ4v) is 12.1. The Balaban J connectivity index is 0.000000202. The minimum absolute atomic E-state index is 0.0577. The van der Waals surface area contributed by atoms with Crippen LogP contribution in [0.3, 0.4) is 0 Å². The van der Waals surface area contributed by atoms with Crippen LogP contribution < -0.4 is 5.32 Å². The molecule has 0 saturated heterocycles. The monoisotopic (exact) mass is 933 g/mol. The fraction of sp³-hybridized carbons (Fsp3) is 0.655. The molecule has 0 radical (unpaired) electrons. The minimum atomic E-state index is -0.496. The molecule has 6 aliphatic rings. The number of hydrogen-bond donors (Lipinski definition) is 1. The molecule has 372 valence electrons. The molecule has 8 rings (SSSR count). The van der Waals surface area contributed by atoms with Gasteiger partial charge in [-0.15, -0.1) is 0 Å². The van der Waals surface area contributed by atoms with Crippen molar-refractivity contribution in [2.24, 2.45) is 29.6 Å². The zero-order chi connectivity index (χ0) is 49.1. The second-order valence-electron chi connectivity index (χ2n) is 23.8. The van der Waals surface area contributed by atoms with Crippen LogP contribution >= 0.6 is 0 Å². The van der Waals surface area contributed by atoms with Gasteiger partial charge in [-0.2, -0.15) is 0 Å². The van der Waals surface area contributed by atoms with Crippen LogP contribution in [0.25, 0.3) is 11.1 Å². The first-order valence-electron chi connectivity index (χ1n) is 26.3. The van der Waals surface area contributed by atoms with E-state index >= 15 is 0 Å². The number of carbonyl (C=O) groups excluding carboxylic acids is 4. The molecule has 0 aromatic heterocycles. The molecular weight excluding hydrogens is 849 g/mol. The third-order valence-corrected chi connectivity index (χ3v) is 15.2.